The van der Waals surface area contributed by atoms with Crippen LogP contribution in [-0.2, 0) is 17.2 Å². The number of hydrogen-bond acceptors (Lipinski definition) is 5. The maximum absolute atomic E-state index is 13.3. The van der Waals surface area contributed by atoms with Crippen molar-refractivity contribution in [3.05, 3.63) is 69.1 Å². The number of aryl methyl sites for hydroxylation is 1. The van der Waals surface area contributed by atoms with E-state index in [0.29, 0.717) is 16.3 Å². The summed E-state index contributed by atoms with van der Waals surface area (Å²) in [4.78, 5) is 29.4. The molecule has 0 aliphatic rings. The van der Waals surface area contributed by atoms with Gasteiger partial charge in [-0.05, 0) is 36.8 Å². The summed E-state index contributed by atoms with van der Waals surface area (Å²) in [5.74, 6) is -2.04. The first-order valence-corrected chi connectivity index (χ1v) is 11.2. The summed E-state index contributed by atoms with van der Waals surface area (Å²) >= 11 is 12.0. The molecule has 1 atom stereocenters. The van der Waals surface area contributed by atoms with Crippen LogP contribution < -0.4 is 10.0 Å². The van der Waals surface area contributed by atoms with Gasteiger partial charge in [-0.1, -0.05) is 23.2 Å². The van der Waals surface area contributed by atoms with Gasteiger partial charge in [-0.25, -0.2) is 13.9 Å². The molecule has 2 aromatic heterocycles. The second-order valence-electron chi connectivity index (χ2n) is 6.62. The SMILES string of the molecule is Cc1cc(Cl)cc(C(=O)NS(C)=O)c1NC(=O)c1cc(C(F)(F)F)nn1-c1ncccc1Cl. The number of amides is 2. The molecule has 14 heteroatoms. The number of nitrogens with one attached hydrogen (secondary N) is 2. The molecule has 0 radical (unpaired) electrons. The second-order valence-corrected chi connectivity index (χ2v) is 8.57. The first kappa shape index (κ1) is 24.7. The predicted molar refractivity (Wildman–Crippen MR) is 117 cm³/mol. The number of halogens is 5. The molecule has 3 aromatic rings. The van der Waals surface area contributed by atoms with Crippen molar-refractivity contribution >= 4 is 51.7 Å². The molecule has 1 unspecified atom stereocenters. The van der Waals surface area contributed by atoms with Gasteiger partial charge in [0.15, 0.2) is 11.5 Å². The monoisotopic (exact) mass is 519 g/mol. The van der Waals surface area contributed by atoms with Gasteiger partial charge in [0, 0.05) is 23.5 Å². The van der Waals surface area contributed by atoms with Crippen LogP contribution in [0, 0.1) is 6.92 Å². The van der Waals surface area contributed by atoms with E-state index in [0.717, 1.165) is 0 Å². The Bertz CT molecular complexity index is 1280. The average Bonchev–Trinajstić information content (AvgIpc) is 3.15. The lowest BCUT2D eigenvalue weighted by Gasteiger charge is -2.15. The molecule has 0 aliphatic carbocycles. The fourth-order valence-electron chi connectivity index (χ4n) is 2.83. The summed E-state index contributed by atoms with van der Waals surface area (Å²) in [6.07, 6.45) is -2.36. The van der Waals surface area contributed by atoms with E-state index >= 15 is 0 Å². The van der Waals surface area contributed by atoms with Crippen molar-refractivity contribution < 1.29 is 27.0 Å². The third-order valence-corrected chi connectivity index (χ3v) is 5.18. The van der Waals surface area contributed by atoms with E-state index in [9.17, 15) is 27.0 Å². The van der Waals surface area contributed by atoms with E-state index in [1.54, 1.807) is 0 Å². The Hall–Kier alpha value is -2.96. The third kappa shape index (κ3) is 5.52. The van der Waals surface area contributed by atoms with Crippen molar-refractivity contribution in [3.8, 4) is 5.82 Å². The average molecular weight is 520 g/mol. The molecule has 2 N–H and O–H groups in total. The lowest BCUT2D eigenvalue weighted by atomic mass is 10.1. The van der Waals surface area contributed by atoms with Crippen LogP contribution in [0.15, 0.2) is 36.5 Å². The van der Waals surface area contributed by atoms with Crippen LogP contribution in [-0.4, -0.2) is 37.0 Å². The van der Waals surface area contributed by atoms with Crippen molar-refractivity contribution in [2.45, 2.75) is 13.1 Å². The van der Waals surface area contributed by atoms with E-state index < -0.39 is 40.4 Å². The molecule has 2 heterocycles. The highest BCUT2D eigenvalue weighted by atomic mass is 35.5. The molecule has 0 bridgehead atoms. The van der Waals surface area contributed by atoms with E-state index in [2.05, 4.69) is 20.1 Å². The standard InChI is InChI=1S/C19H14Cl2F3N5O3S/c1-9-6-10(20)7-11(17(30)28-33(2)32)15(9)26-18(31)13-8-14(19(22,23)24)27-29(13)16-12(21)4-3-5-25-16/h3-8H,1-2H3,(H,26,31)(H,28,30). The largest absolute Gasteiger partial charge is 0.435 e. The van der Waals surface area contributed by atoms with Gasteiger partial charge in [0.2, 0.25) is 0 Å². The number of aromatic nitrogens is 3. The highest BCUT2D eigenvalue weighted by Crippen LogP contribution is 2.31. The van der Waals surface area contributed by atoms with E-state index in [4.69, 9.17) is 23.2 Å². The Kier molecular flexibility index (Phi) is 7.10. The van der Waals surface area contributed by atoms with Crippen molar-refractivity contribution in [1.82, 2.24) is 19.5 Å². The van der Waals surface area contributed by atoms with Gasteiger partial charge < -0.3 is 5.32 Å². The molecule has 0 saturated carbocycles. The minimum absolute atomic E-state index is 0.0409. The highest BCUT2D eigenvalue weighted by molar-refractivity contribution is 7.82. The highest BCUT2D eigenvalue weighted by Gasteiger charge is 2.36. The van der Waals surface area contributed by atoms with Crippen molar-refractivity contribution in [2.75, 3.05) is 11.6 Å². The van der Waals surface area contributed by atoms with Crippen LogP contribution in [0.3, 0.4) is 0 Å². The number of pyridine rings is 1. The molecule has 0 aliphatic heterocycles. The van der Waals surface area contributed by atoms with Crippen LogP contribution >= 0.6 is 23.2 Å². The number of carbonyl (C=O) groups excluding carboxylic acids is 2. The Labute approximate surface area is 197 Å². The summed E-state index contributed by atoms with van der Waals surface area (Å²) in [7, 11) is -1.72. The second kappa shape index (κ2) is 9.49. The van der Waals surface area contributed by atoms with E-state index in [1.165, 1.54) is 43.6 Å². The summed E-state index contributed by atoms with van der Waals surface area (Å²) in [6.45, 7) is 1.52. The Morgan fingerprint density at radius 3 is 2.45 bits per heavy atom. The number of rotatable bonds is 5. The lowest BCUT2D eigenvalue weighted by Crippen LogP contribution is -2.27. The summed E-state index contributed by atoms with van der Waals surface area (Å²) < 4.78 is 54.2. The maximum Gasteiger partial charge on any atom is 0.435 e. The molecule has 8 nitrogen and oxygen atoms in total. The van der Waals surface area contributed by atoms with E-state index in [-0.39, 0.29) is 27.1 Å². The molecule has 2 amide bonds. The van der Waals surface area contributed by atoms with Crippen LogP contribution in [0.4, 0.5) is 18.9 Å². The summed E-state index contributed by atoms with van der Waals surface area (Å²) in [6, 6.07) is 6.02. The fourth-order valence-corrected chi connectivity index (χ4v) is 3.67. The zero-order valence-corrected chi connectivity index (χ0v) is 19.2. The molecule has 0 saturated heterocycles. The molecule has 3 rings (SSSR count). The number of carbonyl (C=O) groups is 2. The minimum atomic E-state index is -4.85. The zero-order valence-electron chi connectivity index (χ0n) is 16.8. The zero-order chi connectivity index (χ0) is 24.5. The van der Waals surface area contributed by atoms with Gasteiger partial charge in [-0.3, -0.25) is 14.3 Å². The van der Waals surface area contributed by atoms with Crippen LogP contribution in [0.5, 0.6) is 0 Å². The fraction of sp³-hybridized carbons (Fsp3) is 0.158. The normalized spacial score (nSPS) is 12.3. The molecular weight excluding hydrogens is 506 g/mol. The van der Waals surface area contributed by atoms with Crippen LogP contribution in [0.2, 0.25) is 10.0 Å². The smallest absolute Gasteiger partial charge is 0.320 e. The van der Waals surface area contributed by atoms with Crippen molar-refractivity contribution in [1.29, 1.82) is 0 Å². The van der Waals surface area contributed by atoms with Gasteiger partial charge in [-0.15, -0.1) is 0 Å². The van der Waals surface area contributed by atoms with Crippen LogP contribution in [0.25, 0.3) is 5.82 Å². The summed E-state index contributed by atoms with van der Waals surface area (Å²) in [5.41, 5.74) is -1.73. The summed E-state index contributed by atoms with van der Waals surface area (Å²) in [5, 5.41) is 5.98. The molecule has 0 spiro atoms. The van der Waals surface area contributed by atoms with Gasteiger partial charge >= 0.3 is 6.18 Å². The van der Waals surface area contributed by atoms with Crippen molar-refractivity contribution in [3.63, 3.8) is 0 Å². The van der Waals surface area contributed by atoms with Gasteiger partial charge in [0.25, 0.3) is 11.8 Å². The number of alkyl halides is 3. The third-order valence-electron chi connectivity index (χ3n) is 4.19. The first-order valence-electron chi connectivity index (χ1n) is 8.92. The van der Waals surface area contributed by atoms with Gasteiger partial charge in [-0.2, -0.15) is 18.3 Å². The Balaban J connectivity index is 2.11. The minimum Gasteiger partial charge on any atom is -0.320 e. The molecule has 33 heavy (non-hydrogen) atoms. The predicted octanol–water partition coefficient (Wildman–Crippen LogP) is 4.18. The van der Waals surface area contributed by atoms with Crippen molar-refractivity contribution in [2.24, 2.45) is 0 Å². The molecule has 1 aromatic carbocycles. The molecular formula is C19H14Cl2F3N5O3S. The first-order chi connectivity index (χ1) is 15.4. The quantitative estimate of drug-likeness (QED) is 0.526. The van der Waals surface area contributed by atoms with Gasteiger partial charge in [0.1, 0.15) is 16.7 Å². The Morgan fingerprint density at radius 1 is 1.15 bits per heavy atom. The molecule has 174 valence electrons. The lowest BCUT2D eigenvalue weighted by molar-refractivity contribution is -0.141. The number of benzene rings is 1. The maximum atomic E-state index is 13.3. The van der Waals surface area contributed by atoms with Crippen LogP contribution in [0.1, 0.15) is 32.1 Å². The topological polar surface area (TPSA) is 106 Å². The van der Waals surface area contributed by atoms with E-state index in [1.807, 2.05) is 0 Å². The van der Waals surface area contributed by atoms with Gasteiger partial charge in [0.05, 0.1) is 16.3 Å². The number of nitrogens with zero attached hydrogens (tertiary/aromatic N) is 3. The Morgan fingerprint density at radius 2 is 1.85 bits per heavy atom. The number of anilines is 1. The molecule has 0 fully saturated rings. The number of hydrogen-bond donors (Lipinski definition) is 2.